The standard InChI is InChI=1S/C27H31N3O5/c1-18(31)28-27(33)20-7-8-22-23(15-20)30(16-24(32)29-10-13-34-14-11-29)26(21-9-12-35-17-21)25(22)19-5-3-2-4-6-19/h7-9,12,15,17,19H,2-6,10-11,13-14,16H2,1H3,(H,28,31,33). The minimum Gasteiger partial charge on any atom is -0.472 e. The van der Waals surface area contributed by atoms with Crippen LogP contribution in [0.4, 0.5) is 0 Å². The third-order valence-electron chi connectivity index (χ3n) is 7.12. The van der Waals surface area contributed by atoms with Crippen molar-refractivity contribution in [3.63, 3.8) is 0 Å². The molecule has 3 amide bonds. The summed E-state index contributed by atoms with van der Waals surface area (Å²) in [6.45, 7) is 3.69. The maximum absolute atomic E-state index is 13.4. The summed E-state index contributed by atoms with van der Waals surface area (Å²) in [6.07, 6.45) is 9.14. The number of morpholine rings is 1. The van der Waals surface area contributed by atoms with Crippen LogP contribution >= 0.6 is 0 Å². The summed E-state index contributed by atoms with van der Waals surface area (Å²) >= 11 is 0. The van der Waals surface area contributed by atoms with Gasteiger partial charge in [-0.15, -0.1) is 0 Å². The van der Waals surface area contributed by atoms with Crippen molar-refractivity contribution in [2.75, 3.05) is 26.3 Å². The van der Waals surface area contributed by atoms with Gasteiger partial charge in [-0.3, -0.25) is 19.7 Å². The van der Waals surface area contributed by atoms with E-state index >= 15 is 0 Å². The fraction of sp³-hybridized carbons (Fsp3) is 0.444. The van der Waals surface area contributed by atoms with E-state index in [1.54, 1.807) is 24.7 Å². The molecule has 0 spiro atoms. The molecule has 8 nitrogen and oxygen atoms in total. The number of hydrogen-bond acceptors (Lipinski definition) is 5. The normalized spacial score (nSPS) is 17.0. The molecule has 1 saturated heterocycles. The zero-order chi connectivity index (χ0) is 24.4. The lowest BCUT2D eigenvalue weighted by Crippen LogP contribution is -2.42. The molecule has 3 aromatic rings. The van der Waals surface area contributed by atoms with Crippen molar-refractivity contribution in [2.24, 2.45) is 0 Å². The Hall–Kier alpha value is -3.39. The van der Waals surface area contributed by atoms with Crippen LogP contribution in [0.3, 0.4) is 0 Å². The molecule has 0 radical (unpaired) electrons. The third-order valence-corrected chi connectivity index (χ3v) is 7.12. The number of aromatic nitrogens is 1. The summed E-state index contributed by atoms with van der Waals surface area (Å²) in [4.78, 5) is 39.4. The van der Waals surface area contributed by atoms with Crippen molar-refractivity contribution in [1.82, 2.24) is 14.8 Å². The summed E-state index contributed by atoms with van der Waals surface area (Å²) in [7, 11) is 0. The second-order valence-corrected chi connectivity index (χ2v) is 9.43. The van der Waals surface area contributed by atoms with Crippen LogP contribution < -0.4 is 5.32 Å². The van der Waals surface area contributed by atoms with Gasteiger partial charge < -0.3 is 18.6 Å². The molecule has 35 heavy (non-hydrogen) atoms. The largest absolute Gasteiger partial charge is 0.472 e. The van der Waals surface area contributed by atoms with E-state index in [0.717, 1.165) is 35.0 Å². The van der Waals surface area contributed by atoms with Crippen LogP contribution in [0.25, 0.3) is 22.2 Å². The molecule has 1 saturated carbocycles. The number of nitrogens with one attached hydrogen (secondary N) is 1. The van der Waals surface area contributed by atoms with Crippen molar-refractivity contribution in [3.05, 3.63) is 47.9 Å². The molecule has 0 atom stereocenters. The van der Waals surface area contributed by atoms with E-state index in [4.69, 9.17) is 9.15 Å². The molecule has 1 aliphatic heterocycles. The van der Waals surface area contributed by atoms with Crippen molar-refractivity contribution >= 4 is 28.6 Å². The molecular weight excluding hydrogens is 446 g/mol. The highest BCUT2D eigenvalue weighted by molar-refractivity contribution is 6.06. The number of benzene rings is 1. The smallest absolute Gasteiger partial charge is 0.257 e. The number of nitrogens with zero attached hydrogens (tertiary/aromatic N) is 2. The van der Waals surface area contributed by atoms with Crippen molar-refractivity contribution in [1.29, 1.82) is 0 Å². The highest BCUT2D eigenvalue weighted by atomic mass is 16.5. The highest BCUT2D eigenvalue weighted by Crippen LogP contribution is 2.44. The van der Waals surface area contributed by atoms with Crippen molar-refractivity contribution in [2.45, 2.75) is 51.5 Å². The van der Waals surface area contributed by atoms with Gasteiger partial charge in [0.05, 0.1) is 37.0 Å². The zero-order valence-electron chi connectivity index (χ0n) is 20.0. The van der Waals surface area contributed by atoms with E-state index in [0.29, 0.717) is 37.8 Å². The number of ether oxygens (including phenoxy) is 1. The lowest BCUT2D eigenvalue weighted by Gasteiger charge is -2.27. The molecule has 2 aromatic heterocycles. The van der Waals surface area contributed by atoms with Crippen molar-refractivity contribution in [3.8, 4) is 11.3 Å². The number of fused-ring (bicyclic) bond motifs is 1. The van der Waals surface area contributed by atoms with Gasteiger partial charge in [0.15, 0.2) is 0 Å². The summed E-state index contributed by atoms with van der Waals surface area (Å²) in [5.74, 6) is -0.470. The Bertz CT molecular complexity index is 1230. The van der Waals surface area contributed by atoms with Crippen LogP contribution in [0, 0.1) is 0 Å². The van der Waals surface area contributed by atoms with Crippen molar-refractivity contribution < 1.29 is 23.5 Å². The lowest BCUT2D eigenvalue weighted by atomic mass is 9.82. The molecule has 8 heteroatoms. The first-order valence-corrected chi connectivity index (χ1v) is 12.4. The Labute approximate surface area is 204 Å². The van der Waals surface area contributed by atoms with Gasteiger partial charge in [-0.2, -0.15) is 0 Å². The fourth-order valence-corrected chi connectivity index (χ4v) is 5.48. The second-order valence-electron chi connectivity index (χ2n) is 9.43. The minimum atomic E-state index is -0.448. The molecule has 184 valence electrons. The first-order chi connectivity index (χ1) is 17.0. The Morgan fingerprint density at radius 3 is 2.51 bits per heavy atom. The van der Waals surface area contributed by atoms with Crippen LogP contribution in [0.1, 0.15) is 60.9 Å². The summed E-state index contributed by atoms with van der Waals surface area (Å²) in [5, 5.41) is 3.40. The van der Waals surface area contributed by atoms with E-state index in [9.17, 15) is 14.4 Å². The van der Waals surface area contributed by atoms with Crippen LogP contribution in [0.15, 0.2) is 41.2 Å². The lowest BCUT2D eigenvalue weighted by molar-refractivity contribution is -0.135. The quantitative estimate of drug-likeness (QED) is 0.598. The first kappa shape index (κ1) is 23.4. The summed E-state index contributed by atoms with van der Waals surface area (Å²) in [5.41, 5.74) is 4.32. The average Bonchev–Trinajstić information content (AvgIpc) is 3.51. The third kappa shape index (κ3) is 4.75. The predicted octanol–water partition coefficient (Wildman–Crippen LogP) is 4.08. The molecule has 0 unspecified atom stereocenters. The van der Waals surface area contributed by atoms with Gasteiger partial charge in [0.1, 0.15) is 6.54 Å². The maximum atomic E-state index is 13.4. The number of hydrogen-bond donors (Lipinski definition) is 1. The second kappa shape index (κ2) is 10.1. The van der Waals surface area contributed by atoms with E-state index < -0.39 is 11.8 Å². The molecule has 0 bridgehead atoms. The number of carbonyl (C=O) groups is 3. The molecule has 2 aliphatic rings. The van der Waals surface area contributed by atoms with E-state index in [2.05, 4.69) is 5.32 Å². The van der Waals surface area contributed by atoms with Crippen LogP contribution in [0.5, 0.6) is 0 Å². The highest BCUT2D eigenvalue weighted by Gasteiger charge is 2.29. The monoisotopic (exact) mass is 477 g/mol. The Morgan fingerprint density at radius 1 is 1.06 bits per heavy atom. The summed E-state index contributed by atoms with van der Waals surface area (Å²) < 4.78 is 12.9. The zero-order valence-corrected chi connectivity index (χ0v) is 20.0. The Kier molecular flexibility index (Phi) is 6.72. The van der Waals surface area contributed by atoms with Crippen LogP contribution in [0.2, 0.25) is 0 Å². The molecule has 2 fully saturated rings. The van der Waals surface area contributed by atoms with Crippen LogP contribution in [-0.4, -0.2) is 53.5 Å². The van der Waals surface area contributed by atoms with Gasteiger partial charge in [0.2, 0.25) is 11.8 Å². The molecule has 3 heterocycles. The maximum Gasteiger partial charge on any atom is 0.257 e. The number of rotatable bonds is 5. The Morgan fingerprint density at radius 2 is 1.83 bits per heavy atom. The number of imide groups is 1. The van der Waals surface area contributed by atoms with E-state index in [1.807, 2.05) is 21.6 Å². The molecule has 5 rings (SSSR count). The van der Waals surface area contributed by atoms with Gasteiger partial charge in [-0.05, 0) is 42.5 Å². The molecular formula is C27H31N3O5. The average molecular weight is 478 g/mol. The first-order valence-electron chi connectivity index (χ1n) is 12.4. The van der Waals surface area contributed by atoms with Gasteiger partial charge in [-0.1, -0.05) is 25.3 Å². The van der Waals surface area contributed by atoms with Gasteiger partial charge in [-0.25, -0.2) is 0 Å². The SMILES string of the molecule is CC(=O)NC(=O)c1ccc2c(C3CCCCC3)c(-c3ccoc3)n(CC(=O)N3CCOCC3)c2c1. The predicted molar refractivity (Wildman–Crippen MR) is 131 cm³/mol. The molecule has 1 aromatic carbocycles. The van der Waals surface area contributed by atoms with E-state index in [-0.39, 0.29) is 12.5 Å². The van der Waals surface area contributed by atoms with Gasteiger partial charge in [0.25, 0.3) is 5.91 Å². The topological polar surface area (TPSA) is 93.8 Å². The minimum absolute atomic E-state index is 0.0173. The Balaban J connectivity index is 1.67. The fourth-order valence-electron chi connectivity index (χ4n) is 5.48. The molecule has 1 N–H and O–H groups in total. The summed E-state index contributed by atoms with van der Waals surface area (Å²) in [6, 6.07) is 7.46. The number of amides is 3. The van der Waals surface area contributed by atoms with Gasteiger partial charge >= 0.3 is 0 Å². The molecule has 1 aliphatic carbocycles. The number of furan rings is 1. The van der Waals surface area contributed by atoms with Crippen LogP contribution in [-0.2, 0) is 20.9 Å². The van der Waals surface area contributed by atoms with E-state index in [1.165, 1.54) is 31.7 Å². The number of carbonyl (C=O) groups excluding carboxylic acids is 3. The van der Waals surface area contributed by atoms with Gasteiger partial charge in [0, 0.05) is 36.5 Å².